The minimum atomic E-state index is 0.606. The predicted molar refractivity (Wildman–Crippen MR) is 150 cm³/mol. The van der Waals surface area contributed by atoms with Gasteiger partial charge in [0.1, 0.15) is 0 Å². The van der Waals surface area contributed by atoms with Crippen LogP contribution in [0.15, 0.2) is 83.0 Å². The highest BCUT2D eigenvalue weighted by molar-refractivity contribution is 6.40. The number of hydrogen-bond acceptors (Lipinski definition) is 2. The molecular weight excluding hydrogens is 440 g/mol. The van der Waals surface area contributed by atoms with Gasteiger partial charge in [-0.3, -0.25) is 0 Å². The van der Waals surface area contributed by atoms with E-state index in [0.29, 0.717) is 11.8 Å². The van der Waals surface area contributed by atoms with Gasteiger partial charge in [0.05, 0.1) is 22.8 Å². The Morgan fingerprint density at radius 3 is 1.31 bits per heavy atom. The summed E-state index contributed by atoms with van der Waals surface area (Å²) in [5.41, 5.74) is 11.9. The molecule has 2 saturated carbocycles. The second kappa shape index (κ2) is 9.09. The van der Waals surface area contributed by atoms with Crippen LogP contribution in [-0.4, -0.2) is 20.8 Å². The van der Waals surface area contributed by atoms with Crippen LogP contribution in [0.1, 0.15) is 73.9 Å². The molecule has 0 atom stereocenters. The van der Waals surface area contributed by atoms with Crippen molar-refractivity contribution in [3.8, 4) is 22.5 Å². The molecule has 4 heteroatoms. The van der Waals surface area contributed by atoms with Crippen LogP contribution in [0.25, 0.3) is 22.5 Å². The van der Waals surface area contributed by atoms with Crippen molar-refractivity contribution in [2.75, 3.05) is 0 Å². The van der Waals surface area contributed by atoms with Gasteiger partial charge in [0.25, 0.3) is 0 Å². The Morgan fingerprint density at radius 2 is 0.972 bits per heavy atom. The maximum Gasteiger partial charge on any atom is 0.0812 e. The summed E-state index contributed by atoms with van der Waals surface area (Å²) in [6, 6.07) is 25.8. The Balaban J connectivity index is 1.45. The van der Waals surface area contributed by atoms with Crippen molar-refractivity contribution in [3.63, 3.8) is 0 Å². The van der Waals surface area contributed by atoms with Crippen molar-refractivity contribution in [2.45, 2.75) is 65.2 Å². The average molecular weight is 475 g/mol. The van der Waals surface area contributed by atoms with E-state index >= 15 is 0 Å². The number of hydrogen-bond donors (Lipinski definition) is 0. The van der Waals surface area contributed by atoms with Crippen LogP contribution in [0.3, 0.4) is 0 Å². The molecule has 0 bridgehead atoms. The lowest BCUT2D eigenvalue weighted by Crippen LogP contribution is -2.13. The highest BCUT2D eigenvalue weighted by Gasteiger charge is 2.31. The van der Waals surface area contributed by atoms with Crippen LogP contribution >= 0.6 is 0 Å². The summed E-state index contributed by atoms with van der Waals surface area (Å²) in [5, 5.41) is 10.4. The van der Waals surface area contributed by atoms with Crippen LogP contribution < -0.4 is 0 Å². The normalized spacial score (nSPS) is 16.6. The molecule has 2 aliphatic carbocycles. The highest BCUT2D eigenvalue weighted by atomic mass is 15.4. The molecule has 6 rings (SSSR count). The molecule has 0 radical (unpaired) electrons. The van der Waals surface area contributed by atoms with Gasteiger partial charge in [-0.15, -0.1) is 0 Å². The van der Waals surface area contributed by atoms with E-state index in [0.717, 1.165) is 22.8 Å². The summed E-state index contributed by atoms with van der Waals surface area (Å²) in [4.78, 5) is 0. The lowest BCUT2D eigenvalue weighted by molar-refractivity contribution is 0.798. The molecule has 0 unspecified atom stereocenters. The van der Waals surface area contributed by atoms with Gasteiger partial charge in [-0.25, -0.2) is 9.35 Å². The minimum absolute atomic E-state index is 0.606. The first kappa shape index (κ1) is 22.8. The minimum Gasteiger partial charge on any atom is -0.236 e. The van der Waals surface area contributed by atoms with Crippen molar-refractivity contribution in [3.05, 3.63) is 95.3 Å². The molecule has 2 heterocycles. The van der Waals surface area contributed by atoms with Gasteiger partial charge in [-0.2, -0.15) is 10.2 Å². The maximum atomic E-state index is 5.20. The molecule has 182 valence electrons. The monoisotopic (exact) mass is 474 g/mol. The van der Waals surface area contributed by atoms with Crippen molar-refractivity contribution >= 4 is 11.4 Å². The lowest BCUT2D eigenvalue weighted by Gasteiger charge is -2.12. The first-order valence-electron chi connectivity index (χ1n) is 13.2. The molecule has 36 heavy (non-hydrogen) atoms. The molecule has 0 spiro atoms. The van der Waals surface area contributed by atoms with Crippen molar-refractivity contribution in [1.29, 1.82) is 0 Å². The highest BCUT2D eigenvalue weighted by Crippen LogP contribution is 2.45. The number of benzene rings is 2. The Labute approximate surface area is 214 Å². The molecule has 4 aromatic rings. The maximum absolute atomic E-state index is 5.20. The van der Waals surface area contributed by atoms with E-state index in [1.54, 1.807) is 0 Å². The zero-order valence-electron chi connectivity index (χ0n) is 21.7. The summed E-state index contributed by atoms with van der Waals surface area (Å²) in [6.07, 6.45) is 4.98. The molecule has 4 nitrogen and oxygen atoms in total. The Bertz CT molecular complexity index is 1350. The predicted octanol–water partition coefficient (Wildman–Crippen LogP) is 8.14. The standard InChI is InChI=1S/C32H34N4/c1-21-19-29(25-11-7-5-8-12-25)35(31(21)27-15-16-27)33-23(3)24(4)34-36-30(26-13-9-6-10-14-26)20-22(2)32(36)28-17-18-28/h5-14,19-20,27-28H,15-18H2,1-4H3. The zero-order valence-corrected chi connectivity index (χ0v) is 21.7. The third-order valence-corrected chi connectivity index (χ3v) is 7.52. The zero-order chi connectivity index (χ0) is 24.8. The average Bonchev–Trinajstić information content (AvgIpc) is 3.83. The van der Waals surface area contributed by atoms with Crippen LogP contribution in [-0.2, 0) is 0 Å². The van der Waals surface area contributed by atoms with Gasteiger partial charge in [0.15, 0.2) is 0 Å². The fourth-order valence-corrected chi connectivity index (χ4v) is 5.27. The Morgan fingerprint density at radius 1 is 0.611 bits per heavy atom. The number of nitrogens with zero attached hydrogens (tertiary/aromatic N) is 4. The molecule has 2 aromatic carbocycles. The van der Waals surface area contributed by atoms with E-state index in [4.69, 9.17) is 10.2 Å². The largest absolute Gasteiger partial charge is 0.236 e. The van der Waals surface area contributed by atoms with Gasteiger partial charge < -0.3 is 0 Å². The summed E-state index contributed by atoms with van der Waals surface area (Å²) in [7, 11) is 0. The van der Waals surface area contributed by atoms with E-state index in [1.807, 2.05) is 0 Å². The lowest BCUT2D eigenvalue weighted by atomic mass is 10.1. The molecule has 2 aliphatic rings. The summed E-state index contributed by atoms with van der Waals surface area (Å²) < 4.78 is 4.38. The molecule has 2 aromatic heterocycles. The molecule has 2 fully saturated rings. The Hall–Kier alpha value is -3.66. The van der Waals surface area contributed by atoms with Crippen molar-refractivity contribution < 1.29 is 0 Å². The molecule has 0 aliphatic heterocycles. The van der Waals surface area contributed by atoms with E-state index in [1.165, 1.54) is 59.3 Å². The van der Waals surface area contributed by atoms with Crippen LogP contribution in [0.4, 0.5) is 0 Å². The van der Waals surface area contributed by atoms with Gasteiger partial charge in [0.2, 0.25) is 0 Å². The Kier molecular flexibility index (Phi) is 5.75. The third kappa shape index (κ3) is 4.26. The SMILES string of the molecule is CC(=Nn1c(-c2ccccc2)cc(C)c1C1CC1)C(C)=Nn1c(-c2ccccc2)cc(C)c1C1CC1. The van der Waals surface area contributed by atoms with E-state index < -0.39 is 0 Å². The van der Waals surface area contributed by atoms with E-state index in [2.05, 4.69) is 110 Å². The first-order chi connectivity index (χ1) is 17.5. The van der Waals surface area contributed by atoms with E-state index in [9.17, 15) is 0 Å². The van der Waals surface area contributed by atoms with Gasteiger partial charge in [-0.05, 0) is 76.6 Å². The number of aromatic nitrogens is 2. The quantitative estimate of drug-likeness (QED) is 0.242. The van der Waals surface area contributed by atoms with Crippen molar-refractivity contribution in [2.24, 2.45) is 10.2 Å². The fraction of sp³-hybridized carbons (Fsp3) is 0.312. The summed E-state index contributed by atoms with van der Waals surface area (Å²) >= 11 is 0. The van der Waals surface area contributed by atoms with Crippen LogP contribution in [0.2, 0.25) is 0 Å². The molecule has 0 saturated heterocycles. The fourth-order valence-electron chi connectivity index (χ4n) is 5.27. The summed E-state index contributed by atoms with van der Waals surface area (Å²) in [6.45, 7) is 8.63. The van der Waals surface area contributed by atoms with Crippen LogP contribution in [0.5, 0.6) is 0 Å². The summed E-state index contributed by atoms with van der Waals surface area (Å²) in [5.74, 6) is 1.21. The molecule has 0 amide bonds. The number of rotatable bonds is 7. The molecular formula is C32H34N4. The van der Waals surface area contributed by atoms with Crippen molar-refractivity contribution in [1.82, 2.24) is 9.35 Å². The number of aryl methyl sites for hydroxylation is 2. The second-order valence-electron chi connectivity index (χ2n) is 10.5. The first-order valence-corrected chi connectivity index (χ1v) is 13.2. The van der Waals surface area contributed by atoms with Gasteiger partial charge in [-0.1, -0.05) is 60.7 Å². The third-order valence-electron chi connectivity index (χ3n) is 7.52. The topological polar surface area (TPSA) is 34.6 Å². The second-order valence-corrected chi connectivity index (χ2v) is 10.5. The molecule has 0 N–H and O–H groups in total. The van der Waals surface area contributed by atoms with Gasteiger partial charge >= 0.3 is 0 Å². The smallest absolute Gasteiger partial charge is 0.0812 e. The van der Waals surface area contributed by atoms with E-state index in [-0.39, 0.29) is 0 Å². The van der Waals surface area contributed by atoms with Crippen LogP contribution in [0, 0.1) is 13.8 Å². The van der Waals surface area contributed by atoms with Gasteiger partial charge in [0, 0.05) is 34.4 Å².